The molecule has 0 saturated carbocycles. The van der Waals surface area contributed by atoms with E-state index >= 15 is 0 Å². The molecule has 1 aromatic rings. The zero-order chi connectivity index (χ0) is 17.2. The van der Waals surface area contributed by atoms with Crippen molar-refractivity contribution >= 4 is 15.9 Å². The molecule has 1 fully saturated rings. The van der Waals surface area contributed by atoms with Gasteiger partial charge >= 0.3 is 0 Å². The molecule has 128 valence electrons. The second kappa shape index (κ2) is 6.97. The molecule has 0 aromatic heterocycles. The molecule has 0 radical (unpaired) electrons. The fraction of sp³-hybridized carbons (Fsp3) is 0.562. The number of hydrogen-bond donors (Lipinski definition) is 0. The molecule has 0 bridgehead atoms. The summed E-state index contributed by atoms with van der Waals surface area (Å²) in [6.07, 6.45) is 1.34. The van der Waals surface area contributed by atoms with Crippen LogP contribution in [0.5, 0.6) is 0 Å². The number of carbonyl (C=O) groups is 1. The number of rotatable bonds is 4. The van der Waals surface area contributed by atoms with E-state index in [1.165, 1.54) is 22.7 Å². The van der Waals surface area contributed by atoms with Crippen molar-refractivity contribution in [2.45, 2.75) is 32.9 Å². The summed E-state index contributed by atoms with van der Waals surface area (Å²) in [4.78, 5) is 14.2. The van der Waals surface area contributed by atoms with Crippen LogP contribution >= 0.6 is 0 Å². The second-order valence-electron chi connectivity index (χ2n) is 6.33. The number of nitrogens with zero attached hydrogens (tertiary/aromatic N) is 2. The van der Waals surface area contributed by atoms with Crippen LogP contribution in [-0.4, -0.2) is 48.9 Å². The predicted octanol–water partition coefficient (Wildman–Crippen LogP) is 1.84. The van der Waals surface area contributed by atoms with Gasteiger partial charge in [0.05, 0.1) is 6.26 Å². The van der Waals surface area contributed by atoms with Gasteiger partial charge in [-0.3, -0.25) is 4.79 Å². The normalized spacial score (nSPS) is 20.8. The van der Waals surface area contributed by atoms with Gasteiger partial charge in [0, 0.05) is 32.1 Å². The number of amides is 1. The van der Waals surface area contributed by atoms with Crippen LogP contribution in [0.3, 0.4) is 0 Å². The highest BCUT2D eigenvalue weighted by atomic mass is 32.2. The molecule has 1 aromatic carbocycles. The summed E-state index contributed by atoms with van der Waals surface area (Å²) >= 11 is 0. The van der Waals surface area contributed by atoms with E-state index in [1.807, 2.05) is 13.8 Å². The highest BCUT2D eigenvalue weighted by molar-refractivity contribution is 7.88. The molecule has 23 heavy (non-hydrogen) atoms. The van der Waals surface area contributed by atoms with Crippen molar-refractivity contribution in [3.05, 3.63) is 35.6 Å². The summed E-state index contributed by atoms with van der Waals surface area (Å²) in [6, 6.07) is 5.83. The van der Waals surface area contributed by atoms with E-state index in [0.29, 0.717) is 13.1 Å². The third kappa shape index (κ3) is 4.51. The van der Waals surface area contributed by atoms with E-state index in [1.54, 1.807) is 17.0 Å². The zero-order valence-electron chi connectivity index (χ0n) is 13.7. The lowest BCUT2D eigenvalue weighted by molar-refractivity contribution is -0.134. The molecule has 1 saturated heterocycles. The van der Waals surface area contributed by atoms with Gasteiger partial charge in [-0.25, -0.2) is 12.8 Å². The molecule has 1 aliphatic rings. The van der Waals surface area contributed by atoms with Gasteiger partial charge in [-0.1, -0.05) is 26.0 Å². The number of carbonyl (C=O) groups excluding carboxylic acids is 1. The maximum absolute atomic E-state index is 13.0. The van der Waals surface area contributed by atoms with Crippen LogP contribution in [0, 0.1) is 11.7 Å². The lowest BCUT2D eigenvalue weighted by Crippen LogP contribution is -2.46. The standard InChI is InChI=1S/C16H23FN2O3S/c1-12(2)15-11-18(23(3,21)22)9-8-16(20)19(15)10-13-4-6-14(17)7-5-13/h4-7,12,15H,8-11H2,1-3H3. The lowest BCUT2D eigenvalue weighted by Gasteiger charge is -2.34. The lowest BCUT2D eigenvalue weighted by atomic mass is 10.0. The number of benzene rings is 1. The molecule has 0 N–H and O–H groups in total. The second-order valence-corrected chi connectivity index (χ2v) is 8.31. The molecule has 1 aliphatic heterocycles. The highest BCUT2D eigenvalue weighted by Crippen LogP contribution is 2.22. The van der Waals surface area contributed by atoms with Gasteiger partial charge in [-0.05, 0) is 23.6 Å². The highest BCUT2D eigenvalue weighted by Gasteiger charge is 2.34. The van der Waals surface area contributed by atoms with Crippen LogP contribution in [0.25, 0.3) is 0 Å². The Morgan fingerprint density at radius 1 is 1.26 bits per heavy atom. The van der Waals surface area contributed by atoms with E-state index < -0.39 is 10.0 Å². The first-order valence-corrected chi connectivity index (χ1v) is 9.52. The fourth-order valence-corrected chi connectivity index (χ4v) is 3.66. The predicted molar refractivity (Wildman–Crippen MR) is 86.6 cm³/mol. The number of sulfonamides is 1. The molecular formula is C16H23FN2O3S. The van der Waals surface area contributed by atoms with Crippen molar-refractivity contribution in [2.24, 2.45) is 5.92 Å². The molecule has 1 amide bonds. The summed E-state index contributed by atoms with van der Waals surface area (Å²) in [7, 11) is -3.34. The van der Waals surface area contributed by atoms with Gasteiger partial charge < -0.3 is 4.90 Å². The summed E-state index contributed by atoms with van der Waals surface area (Å²) in [5.41, 5.74) is 0.832. The Bertz CT molecular complexity index is 658. The van der Waals surface area contributed by atoms with Gasteiger partial charge in [0.25, 0.3) is 0 Å². The van der Waals surface area contributed by atoms with Gasteiger partial charge in [0.2, 0.25) is 15.9 Å². The van der Waals surface area contributed by atoms with Crippen molar-refractivity contribution < 1.29 is 17.6 Å². The third-order valence-corrected chi connectivity index (χ3v) is 5.46. The average Bonchev–Trinajstić information content (AvgIpc) is 2.61. The van der Waals surface area contributed by atoms with Crippen LogP contribution in [0.2, 0.25) is 0 Å². The first-order valence-electron chi connectivity index (χ1n) is 7.67. The van der Waals surface area contributed by atoms with E-state index in [-0.39, 0.29) is 36.6 Å². The minimum absolute atomic E-state index is 0.0702. The Morgan fingerprint density at radius 3 is 2.39 bits per heavy atom. The maximum Gasteiger partial charge on any atom is 0.224 e. The molecular weight excluding hydrogens is 319 g/mol. The zero-order valence-corrected chi connectivity index (χ0v) is 14.5. The third-order valence-electron chi connectivity index (χ3n) is 4.19. The Labute approximate surface area is 137 Å². The first kappa shape index (κ1) is 17.9. The van der Waals surface area contributed by atoms with E-state index in [0.717, 1.165) is 5.56 Å². The quantitative estimate of drug-likeness (QED) is 0.839. The maximum atomic E-state index is 13.0. The summed E-state index contributed by atoms with van der Waals surface area (Å²) in [6.45, 7) is 4.81. The molecule has 1 heterocycles. The van der Waals surface area contributed by atoms with Crippen LogP contribution in [0.15, 0.2) is 24.3 Å². The van der Waals surface area contributed by atoms with Crippen LogP contribution < -0.4 is 0 Å². The Balaban J connectivity index is 2.27. The molecule has 7 heteroatoms. The monoisotopic (exact) mass is 342 g/mol. The Kier molecular flexibility index (Phi) is 5.41. The Hall–Kier alpha value is -1.47. The molecule has 5 nitrogen and oxygen atoms in total. The van der Waals surface area contributed by atoms with Crippen molar-refractivity contribution in [1.29, 1.82) is 0 Å². The van der Waals surface area contributed by atoms with Gasteiger partial charge in [-0.2, -0.15) is 4.31 Å². The van der Waals surface area contributed by atoms with Gasteiger partial charge in [0.15, 0.2) is 0 Å². The van der Waals surface area contributed by atoms with E-state index in [2.05, 4.69) is 0 Å². The SMILES string of the molecule is CC(C)C1CN(S(C)(=O)=O)CCC(=O)N1Cc1ccc(F)cc1. The van der Waals surface area contributed by atoms with E-state index in [4.69, 9.17) is 0 Å². The summed E-state index contributed by atoms with van der Waals surface area (Å²) in [5.74, 6) is -0.277. The largest absolute Gasteiger partial charge is 0.334 e. The van der Waals surface area contributed by atoms with Crippen molar-refractivity contribution in [2.75, 3.05) is 19.3 Å². The molecule has 0 spiro atoms. The van der Waals surface area contributed by atoms with Crippen molar-refractivity contribution in [3.8, 4) is 0 Å². The first-order chi connectivity index (χ1) is 10.7. The average molecular weight is 342 g/mol. The van der Waals surface area contributed by atoms with Crippen LogP contribution in [-0.2, 0) is 21.4 Å². The van der Waals surface area contributed by atoms with Crippen molar-refractivity contribution in [3.63, 3.8) is 0 Å². The summed E-state index contributed by atoms with van der Waals surface area (Å²) in [5, 5.41) is 0. The van der Waals surface area contributed by atoms with E-state index in [9.17, 15) is 17.6 Å². The molecule has 2 rings (SSSR count). The van der Waals surface area contributed by atoms with Gasteiger partial charge in [0.1, 0.15) is 5.82 Å². The molecule has 1 unspecified atom stereocenters. The Morgan fingerprint density at radius 2 is 1.87 bits per heavy atom. The molecule has 0 aliphatic carbocycles. The minimum Gasteiger partial charge on any atom is -0.334 e. The van der Waals surface area contributed by atoms with Crippen LogP contribution in [0.4, 0.5) is 4.39 Å². The summed E-state index contributed by atoms with van der Waals surface area (Å²) < 4.78 is 38.2. The number of halogens is 1. The smallest absolute Gasteiger partial charge is 0.224 e. The van der Waals surface area contributed by atoms with Crippen LogP contribution in [0.1, 0.15) is 25.8 Å². The van der Waals surface area contributed by atoms with Gasteiger partial charge in [-0.15, -0.1) is 0 Å². The number of hydrogen-bond acceptors (Lipinski definition) is 3. The van der Waals surface area contributed by atoms with Crippen molar-refractivity contribution in [1.82, 2.24) is 9.21 Å². The molecule has 1 atom stereocenters. The topological polar surface area (TPSA) is 57.7 Å². The fourth-order valence-electron chi connectivity index (χ4n) is 2.81. The minimum atomic E-state index is -3.34.